The van der Waals surface area contributed by atoms with E-state index in [1.165, 1.54) is 12.1 Å². The van der Waals surface area contributed by atoms with E-state index in [1.54, 1.807) is 17.0 Å². The van der Waals surface area contributed by atoms with Gasteiger partial charge in [-0.05, 0) is 36.2 Å². The Balaban J connectivity index is 1.24. The van der Waals surface area contributed by atoms with Crippen LogP contribution in [0.25, 0.3) is 11.0 Å². The summed E-state index contributed by atoms with van der Waals surface area (Å²) in [7, 11) is 0. The largest absolute Gasteiger partial charge is 0.356 e. The summed E-state index contributed by atoms with van der Waals surface area (Å²) in [5, 5.41) is 10.4. The second-order valence-electron chi connectivity index (χ2n) is 7.00. The molecule has 0 bridgehead atoms. The van der Waals surface area contributed by atoms with Crippen LogP contribution in [0.3, 0.4) is 0 Å². The van der Waals surface area contributed by atoms with Crippen molar-refractivity contribution in [2.24, 2.45) is 0 Å². The molecule has 0 radical (unpaired) electrons. The van der Waals surface area contributed by atoms with Crippen molar-refractivity contribution in [1.29, 1.82) is 0 Å². The van der Waals surface area contributed by atoms with Crippen LogP contribution < -0.4 is 10.6 Å². The van der Waals surface area contributed by atoms with Crippen LogP contribution >= 0.6 is 0 Å². The van der Waals surface area contributed by atoms with Crippen molar-refractivity contribution in [3.8, 4) is 0 Å². The quantitative estimate of drug-likeness (QED) is 0.671. The highest BCUT2D eigenvalue weighted by Crippen LogP contribution is 2.18. The Labute approximate surface area is 166 Å². The number of benzene rings is 2. The highest BCUT2D eigenvalue weighted by Gasteiger charge is 2.32. The van der Waals surface area contributed by atoms with E-state index in [4.69, 9.17) is 4.52 Å². The van der Waals surface area contributed by atoms with Crippen LogP contribution in [0.4, 0.5) is 9.18 Å². The van der Waals surface area contributed by atoms with E-state index in [0.717, 1.165) is 16.6 Å². The fourth-order valence-electron chi connectivity index (χ4n) is 3.46. The van der Waals surface area contributed by atoms with Crippen LogP contribution in [0, 0.1) is 5.82 Å². The molecule has 2 heterocycles. The highest BCUT2D eigenvalue weighted by atomic mass is 19.1. The smallest absolute Gasteiger partial charge is 0.315 e. The highest BCUT2D eigenvalue weighted by molar-refractivity contribution is 5.88. The lowest BCUT2D eigenvalue weighted by atomic mass is 10.2. The Morgan fingerprint density at radius 3 is 2.83 bits per heavy atom. The molecule has 1 saturated heterocycles. The number of para-hydroxylation sites is 1. The van der Waals surface area contributed by atoms with E-state index in [9.17, 15) is 14.0 Å². The predicted molar refractivity (Wildman–Crippen MR) is 104 cm³/mol. The third-order valence-corrected chi connectivity index (χ3v) is 4.99. The second-order valence-corrected chi connectivity index (χ2v) is 7.00. The molecule has 1 aliphatic rings. The van der Waals surface area contributed by atoms with E-state index in [-0.39, 0.29) is 17.8 Å². The van der Waals surface area contributed by atoms with Crippen LogP contribution in [-0.4, -0.2) is 41.1 Å². The van der Waals surface area contributed by atoms with Gasteiger partial charge in [-0.15, -0.1) is 0 Å². The van der Waals surface area contributed by atoms with Crippen molar-refractivity contribution in [1.82, 2.24) is 20.7 Å². The lowest BCUT2D eigenvalue weighted by molar-refractivity contribution is -0.129. The Morgan fingerprint density at radius 1 is 1.21 bits per heavy atom. The van der Waals surface area contributed by atoms with Gasteiger partial charge in [-0.1, -0.05) is 29.4 Å². The lowest BCUT2D eigenvalue weighted by Gasteiger charge is -2.17. The SMILES string of the molecule is O=C(NCCc1noc2ccccc12)NC1CCN(Cc2ccc(F)cc2)C1=O. The fourth-order valence-corrected chi connectivity index (χ4v) is 3.46. The van der Waals surface area contributed by atoms with Gasteiger partial charge in [-0.2, -0.15) is 0 Å². The number of halogens is 1. The molecule has 7 nitrogen and oxygen atoms in total. The van der Waals surface area contributed by atoms with Gasteiger partial charge < -0.3 is 20.1 Å². The van der Waals surface area contributed by atoms with Gasteiger partial charge in [0, 0.05) is 31.4 Å². The molecule has 4 rings (SSSR count). The number of rotatable bonds is 6. The summed E-state index contributed by atoms with van der Waals surface area (Å²) in [6.45, 7) is 1.33. The Bertz CT molecular complexity index is 1020. The first-order valence-corrected chi connectivity index (χ1v) is 9.51. The molecule has 1 unspecified atom stereocenters. The van der Waals surface area contributed by atoms with Crippen molar-refractivity contribution in [2.75, 3.05) is 13.1 Å². The molecule has 0 aliphatic carbocycles. The third-order valence-electron chi connectivity index (χ3n) is 4.99. The fraction of sp³-hybridized carbons (Fsp3) is 0.286. The standard InChI is InChI=1S/C21H21FN4O3/c22-15-7-5-14(6-8-15)13-26-12-10-18(20(26)27)24-21(28)23-11-9-17-16-3-1-2-4-19(16)29-25-17/h1-8,18H,9-13H2,(H2,23,24,28). The van der Waals surface area contributed by atoms with Gasteiger partial charge in [0.15, 0.2) is 5.58 Å². The molecule has 1 aliphatic heterocycles. The molecule has 8 heteroatoms. The van der Waals surface area contributed by atoms with Gasteiger partial charge in [-0.25, -0.2) is 9.18 Å². The van der Waals surface area contributed by atoms with Crippen LogP contribution in [-0.2, 0) is 17.8 Å². The lowest BCUT2D eigenvalue weighted by Crippen LogP contribution is -2.46. The van der Waals surface area contributed by atoms with Crippen molar-refractivity contribution in [2.45, 2.75) is 25.4 Å². The number of hydrogen-bond acceptors (Lipinski definition) is 4. The minimum atomic E-state index is -0.552. The van der Waals surface area contributed by atoms with Crippen molar-refractivity contribution in [3.05, 3.63) is 65.6 Å². The molecule has 3 amide bonds. The molecule has 150 valence electrons. The maximum absolute atomic E-state index is 13.0. The summed E-state index contributed by atoms with van der Waals surface area (Å²) >= 11 is 0. The molecule has 3 aromatic rings. The summed E-state index contributed by atoms with van der Waals surface area (Å²) < 4.78 is 18.3. The van der Waals surface area contributed by atoms with Gasteiger partial charge in [0.1, 0.15) is 11.9 Å². The maximum atomic E-state index is 13.0. The number of fused-ring (bicyclic) bond motifs is 1. The van der Waals surface area contributed by atoms with E-state index >= 15 is 0 Å². The van der Waals surface area contributed by atoms with Crippen LogP contribution in [0.5, 0.6) is 0 Å². The number of nitrogens with zero attached hydrogens (tertiary/aromatic N) is 2. The topological polar surface area (TPSA) is 87.5 Å². The minimum Gasteiger partial charge on any atom is -0.356 e. The van der Waals surface area contributed by atoms with Gasteiger partial charge in [0.25, 0.3) is 0 Å². The molecule has 1 aromatic heterocycles. The molecule has 2 aromatic carbocycles. The summed E-state index contributed by atoms with van der Waals surface area (Å²) in [6, 6.07) is 12.7. The van der Waals surface area contributed by atoms with Crippen molar-refractivity contribution >= 4 is 22.9 Å². The van der Waals surface area contributed by atoms with Crippen LogP contribution in [0.1, 0.15) is 17.7 Å². The number of urea groups is 1. The average Bonchev–Trinajstić information content (AvgIpc) is 3.28. The number of hydrogen-bond donors (Lipinski definition) is 2. The zero-order valence-corrected chi connectivity index (χ0v) is 15.7. The maximum Gasteiger partial charge on any atom is 0.315 e. The Kier molecular flexibility index (Phi) is 5.41. The molecular formula is C21H21FN4O3. The second kappa shape index (κ2) is 8.30. The number of amides is 3. The Morgan fingerprint density at radius 2 is 2.00 bits per heavy atom. The molecule has 29 heavy (non-hydrogen) atoms. The molecule has 1 fully saturated rings. The summed E-state index contributed by atoms with van der Waals surface area (Å²) in [6.07, 6.45) is 1.07. The van der Waals surface area contributed by atoms with Crippen LogP contribution in [0.15, 0.2) is 53.1 Å². The van der Waals surface area contributed by atoms with Gasteiger partial charge >= 0.3 is 6.03 Å². The van der Waals surface area contributed by atoms with E-state index < -0.39 is 6.04 Å². The van der Waals surface area contributed by atoms with Crippen molar-refractivity contribution < 1.29 is 18.5 Å². The van der Waals surface area contributed by atoms with Gasteiger partial charge in [0.05, 0.1) is 5.69 Å². The number of nitrogens with one attached hydrogen (secondary N) is 2. The zero-order valence-electron chi connectivity index (χ0n) is 15.7. The normalized spacial score (nSPS) is 16.4. The third kappa shape index (κ3) is 4.37. The number of carbonyl (C=O) groups is 2. The first-order chi connectivity index (χ1) is 14.1. The predicted octanol–water partition coefficient (Wildman–Crippen LogP) is 2.61. The molecule has 0 saturated carbocycles. The molecule has 0 spiro atoms. The number of carbonyl (C=O) groups excluding carboxylic acids is 2. The van der Waals surface area contributed by atoms with Crippen LogP contribution in [0.2, 0.25) is 0 Å². The first kappa shape index (κ1) is 18.9. The first-order valence-electron chi connectivity index (χ1n) is 9.51. The Hall–Kier alpha value is -3.42. The van der Waals surface area contributed by atoms with E-state index in [1.807, 2.05) is 24.3 Å². The molecule has 2 N–H and O–H groups in total. The van der Waals surface area contributed by atoms with Gasteiger partial charge in [-0.3, -0.25) is 4.79 Å². The minimum absolute atomic E-state index is 0.132. The van der Waals surface area contributed by atoms with Gasteiger partial charge in [0.2, 0.25) is 5.91 Å². The average molecular weight is 396 g/mol. The number of aromatic nitrogens is 1. The molecular weight excluding hydrogens is 375 g/mol. The summed E-state index contributed by atoms with van der Waals surface area (Å²) in [5.41, 5.74) is 2.35. The summed E-state index contributed by atoms with van der Waals surface area (Å²) in [4.78, 5) is 26.3. The van der Waals surface area contributed by atoms with Crippen molar-refractivity contribution in [3.63, 3.8) is 0 Å². The van der Waals surface area contributed by atoms with E-state index in [0.29, 0.717) is 38.1 Å². The zero-order chi connectivity index (χ0) is 20.2. The molecule has 1 atom stereocenters. The monoisotopic (exact) mass is 396 g/mol. The summed E-state index contributed by atoms with van der Waals surface area (Å²) in [5.74, 6) is -0.441. The van der Waals surface area contributed by atoms with E-state index in [2.05, 4.69) is 15.8 Å². The number of likely N-dealkylation sites (tertiary alicyclic amines) is 1.